The smallest absolute Gasteiger partial charge is 0.313 e. The molecule has 0 atom stereocenters. The van der Waals surface area contributed by atoms with Crippen LogP contribution in [0.3, 0.4) is 0 Å². The molecule has 0 spiro atoms. The normalized spacial score (nSPS) is 23.7. The number of ketones is 1. The molecule has 0 aromatic carbocycles. The Hall–Kier alpha value is -0.683. The number of esters is 1. The Morgan fingerprint density at radius 2 is 1.62 bits per heavy atom. The van der Waals surface area contributed by atoms with Crippen LogP contribution < -0.4 is 0 Å². The summed E-state index contributed by atoms with van der Waals surface area (Å²) in [5, 5.41) is 0.213. The molecular formula is C16H30O4Si. The van der Waals surface area contributed by atoms with Crippen molar-refractivity contribution in [3.8, 4) is 0 Å². The van der Waals surface area contributed by atoms with Crippen LogP contribution in [0.1, 0.15) is 52.9 Å². The van der Waals surface area contributed by atoms with E-state index in [2.05, 4.69) is 38.6 Å². The van der Waals surface area contributed by atoms with Gasteiger partial charge < -0.3 is 9.16 Å². The lowest BCUT2D eigenvalue weighted by Crippen LogP contribution is -2.45. The van der Waals surface area contributed by atoms with E-state index in [1.54, 1.807) is 0 Å². The maximum atomic E-state index is 12.0. The zero-order valence-corrected chi connectivity index (χ0v) is 15.3. The lowest BCUT2D eigenvalue weighted by atomic mass is 9.84. The van der Waals surface area contributed by atoms with Gasteiger partial charge in [0.2, 0.25) is 0 Å². The Morgan fingerprint density at radius 3 is 2.05 bits per heavy atom. The molecule has 21 heavy (non-hydrogen) atoms. The molecule has 1 aliphatic carbocycles. The van der Waals surface area contributed by atoms with Crippen molar-refractivity contribution in [1.29, 1.82) is 0 Å². The average molecular weight is 314 g/mol. The Morgan fingerprint density at radius 1 is 1.10 bits per heavy atom. The first-order valence-electron chi connectivity index (χ1n) is 7.84. The molecule has 0 aromatic heterocycles. The minimum atomic E-state index is -1.73. The number of carbonyl (C=O) groups is 2. The molecule has 0 saturated heterocycles. The second-order valence-corrected chi connectivity index (χ2v) is 12.3. The molecule has 0 aromatic rings. The summed E-state index contributed by atoms with van der Waals surface area (Å²) < 4.78 is 11.0. The lowest BCUT2D eigenvalue weighted by Gasteiger charge is -2.41. The first kappa shape index (κ1) is 18.4. The van der Waals surface area contributed by atoms with Crippen LogP contribution in [-0.4, -0.2) is 33.3 Å². The van der Waals surface area contributed by atoms with Crippen molar-refractivity contribution < 1.29 is 18.8 Å². The Bertz CT molecular complexity index is 376. The number of rotatable bonds is 5. The van der Waals surface area contributed by atoms with Crippen molar-refractivity contribution in [2.45, 2.75) is 77.1 Å². The number of methoxy groups -OCH3 is 1. The van der Waals surface area contributed by atoms with E-state index in [1.807, 2.05) is 0 Å². The third kappa shape index (κ3) is 5.22. The van der Waals surface area contributed by atoms with Gasteiger partial charge in [0.15, 0.2) is 8.32 Å². The summed E-state index contributed by atoms with van der Waals surface area (Å²) in [5.74, 6) is -0.407. The van der Waals surface area contributed by atoms with E-state index in [0.717, 1.165) is 25.7 Å². The Labute approximate surface area is 129 Å². The molecule has 4 nitrogen and oxygen atoms in total. The summed E-state index contributed by atoms with van der Waals surface area (Å²) in [6.07, 6.45) is 3.68. The SMILES string of the molecule is COC(=O)CC(=O)[C@H]1CC[C@H](O[Si](C)(C)C(C)(C)C)CC1. The van der Waals surface area contributed by atoms with E-state index in [1.165, 1.54) is 7.11 Å². The average Bonchev–Trinajstić information content (AvgIpc) is 2.37. The van der Waals surface area contributed by atoms with E-state index in [9.17, 15) is 9.59 Å². The van der Waals surface area contributed by atoms with E-state index >= 15 is 0 Å². The first-order chi connectivity index (χ1) is 9.56. The van der Waals surface area contributed by atoms with Gasteiger partial charge in [0.1, 0.15) is 12.2 Å². The van der Waals surface area contributed by atoms with E-state index in [0.29, 0.717) is 0 Å². The minimum absolute atomic E-state index is 0.00312. The van der Waals surface area contributed by atoms with Gasteiger partial charge in [-0.05, 0) is 43.8 Å². The predicted molar refractivity (Wildman–Crippen MR) is 85.7 cm³/mol. The first-order valence-corrected chi connectivity index (χ1v) is 10.7. The molecule has 0 bridgehead atoms. The van der Waals surface area contributed by atoms with Crippen LogP contribution >= 0.6 is 0 Å². The van der Waals surface area contributed by atoms with Gasteiger partial charge in [-0.2, -0.15) is 0 Å². The topological polar surface area (TPSA) is 52.6 Å². The molecular weight excluding hydrogens is 284 g/mol. The highest BCUT2D eigenvalue weighted by Crippen LogP contribution is 2.39. The molecule has 1 fully saturated rings. The monoisotopic (exact) mass is 314 g/mol. The van der Waals surface area contributed by atoms with Gasteiger partial charge in [-0.15, -0.1) is 0 Å². The third-order valence-electron chi connectivity index (χ3n) is 4.94. The number of carbonyl (C=O) groups excluding carboxylic acids is 2. The second-order valence-electron chi connectivity index (χ2n) is 7.57. The molecule has 0 amide bonds. The summed E-state index contributed by atoms with van der Waals surface area (Å²) in [6, 6.07) is 0. The highest BCUT2D eigenvalue weighted by molar-refractivity contribution is 6.74. The molecule has 1 aliphatic rings. The van der Waals surface area contributed by atoms with Gasteiger partial charge in [0.05, 0.1) is 7.11 Å². The lowest BCUT2D eigenvalue weighted by molar-refractivity contribution is -0.144. The largest absolute Gasteiger partial charge is 0.469 e. The van der Waals surface area contributed by atoms with Crippen LogP contribution in [0.25, 0.3) is 0 Å². The molecule has 0 aliphatic heterocycles. The van der Waals surface area contributed by atoms with Crippen LogP contribution in [0.4, 0.5) is 0 Å². The molecule has 0 heterocycles. The van der Waals surface area contributed by atoms with Gasteiger partial charge >= 0.3 is 5.97 Å². The summed E-state index contributed by atoms with van der Waals surface area (Å²) in [7, 11) is -0.414. The molecule has 0 N–H and O–H groups in total. The maximum absolute atomic E-state index is 12.0. The molecule has 122 valence electrons. The van der Waals surface area contributed by atoms with Crippen molar-refractivity contribution in [3.63, 3.8) is 0 Å². The fraction of sp³-hybridized carbons (Fsp3) is 0.875. The van der Waals surface area contributed by atoms with E-state index in [-0.39, 0.29) is 29.3 Å². The van der Waals surface area contributed by atoms with Crippen molar-refractivity contribution in [3.05, 3.63) is 0 Å². The van der Waals surface area contributed by atoms with Crippen LogP contribution in [0.15, 0.2) is 0 Å². The van der Waals surface area contributed by atoms with Gasteiger partial charge in [-0.1, -0.05) is 20.8 Å². The summed E-state index contributed by atoms with van der Waals surface area (Å²) in [5.41, 5.74) is 0. The maximum Gasteiger partial charge on any atom is 0.313 e. The summed E-state index contributed by atoms with van der Waals surface area (Å²) in [4.78, 5) is 23.2. The van der Waals surface area contributed by atoms with Crippen LogP contribution in [0, 0.1) is 5.92 Å². The van der Waals surface area contributed by atoms with E-state index < -0.39 is 14.3 Å². The zero-order valence-electron chi connectivity index (χ0n) is 14.3. The second kappa shape index (κ2) is 7.05. The molecule has 5 heteroatoms. The fourth-order valence-corrected chi connectivity index (χ4v) is 3.88. The van der Waals surface area contributed by atoms with Crippen molar-refractivity contribution >= 4 is 20.1 Å². The minimum Gasteiger partial charge on any atom is -0.469 e. The number of ether oxygens (including phenoxy) is 1. The molecule has 1 saturated carbocycles. The summed E-state index contributed by atoms with van der Waals surface area (Å²) >= 11 is 0. The molecule has 0 unspecified atom stereocenters. The van der Waals surface area contributed by atoms with Gasteiger partial charge in [-0.25, -0.2) is 0 Å². The third-order valence-corrected chi connectivity index (χ3v) is 9.48. The van der Waals surface area contributed by atoms with Crippen molar-refractivity contribution in [1.82, 2.24) is 0 Å². The Kier molecular flexibility index (Phi) is 6.17. The highest BCUT2D eigenvalue weighted by Gasteiger charge is 2.40. The quantitative estimate of drug-likeness (QED) is 0.441. The predicted octanol–water partition coefficient (Wildman–Crippen LogP) is 3.70. The van der Waals surface area contributed by atoms with E-state index in [4.69, 9.17) is 4.43 Å². The zero-order chi connectivity index (χ0) is 16.3. The van der Waals surface area contributed by atoms with Gasteiger partial charge in [0, 0.05) is 12.0 Å². The summed E-state index contributed by atoms with van der Waals surface area (Å²) in [6.45, 7) is 11.3. The molecule has 0 radical (unpaired) electrons. The molecule has 1 rings (SSSR count). The number of Topliss-reactive ketones (excluding diaryl/α,β-unsaturated/α-hetero) is 1. The van der Waals surface area contributed by atoms with Crippen molar-refractivity contribution in [2.24, 2.45) is 5.92 Å². The van der Waals surface area contributed by atoms with Crippen LogP contribution in [0.2, 0.25) is 18.1 Å². The standard InChI is InChI=1S/C16H30O4Si/c1-16(2,3)21(5,6)20-13-9-7-12(8-10-13)14(17)11-15(18)19-4/h12-13H,7-11H2,1-6H3/t12-,13-. The van der Waals surface area contributed by atoms with Crippen LogP contribution in [0.5, 0.6) is 0 Å². The van der Waals surface area contributed by atoms with Crippen molar-refractivity contribution in [2.75, 3.05) is 7.11 Å². The van der Waals surface area contributed by atoms with Gasteiger partial charge in [-0.3, -0.25) is 9.59 Å². The number of hydrogen-bond acceptors (Lipinski definition) is 4. The highest BCUT2D eigenvalue weighted by atomic mass is 28.4. The fourth-order valence-electron chi connectivity index (χ4n) is 2.45. The van der Waals surface area contributed by atoms with Gasteiger partial charge in [0.25, 0.3) is 0 Å². The Balaban J connectivity index is 2.46. The number of hydrogen-bond donors (Lipinski definition) is 0. The van der Waals surface area contributed by atoms with Crippen LogP contribution in [-0.2, 0) is 18.8 Å².